The van der Waals surface area contributed by atoms with E-state index in [1.165, 1.54) is 4.90 Å². The smallest absolute Gasteiger partial charge is 0.199 e. The number of benzene rings is 2. The van der Waals surface area contributed by atoms with Crippen LogP contribution in [0.15, 0.2) is 53.3 Å². The zero-order valence-electron chi connectivity index (χ0n) is 15.8. The van der Waals surface area contributed by atoms with Crippen LogP contribution in [0.25, 0.3) is 22.2 Å². The number of rotatable bonds is 7. The number of aromatic nitrogens is 1. The summed E-state index contributed by atoms with van der Waals surface area (Å²) in [5, 5.41) is 0.683. The number of unbranched alkanes of at least 4 members (excludes halogenated alkanes) is 1. The number of pyridine rings is 1. The summed E-state index contributed by atoms with van der Waals surface area (Å²) in [7, 11) is 3.77. The van der Waals surface area contributed by atoms with Gasteiger partial charge in [0.05, 0.1) is 37.5 Å². The fourth-order valence-electron chi connectivity index (χ4n) is 3.32. The highest BCUT2D eigenvalue weighted by atomic mass is 16.5. The van der Waals surface area contributed by atoms with Crippen molar-refractivity contribution in [1.29, 1.82) is 0 Å². The molecule has 1 heterocycles. The van der Waals surface area contributed by atoms with E-state index in [2.05, 4.69) is 19.0 Å². The maximum absolute atomic E-state index is 13.3. The highest BCUT2D eigenvalue weighted by Gasteiger charge is 2.17. The maximum Gasteiger partial charge on any atom is 0.199 e. The highest BCUT2D eigenvalue weighted by molar-refractivity contribution is 5.84. The predicted molar refractivity (Wildman–Crippen MR) is 107 cm³/mol. The molecule has 0 aliphatic heterocycles. The van der Waals surface area contributed by atoms with Gasteiger partial charge in [-0.05, 0) is 30.2 Å². The van der Waals surface area contributed by atoms with Gasteiger partial charge in [-0.2, -0.15) is 0 Å². The third-order valence-corrected chi connectivity index (χ3v) is 4.81. The van der Waals surface area contributed by atoms with Gasteiger partial charge in [-0.25, -0.2) is 0 Å². The van der Waals surface area contributed by atoms with Crippen molar-refractivity contribution in [2.75, 3.05) is 20.7 Å². The average molecular weight is 351 g/mol. The molecule has 1 aromatic heterocycles. The first kappa shape index (κ1) is 18.2. The second kappa shape index (κ2) is 8.19. The molecule has 3 aromatic rings. The Hall–Kier alpha value is -2.59. The lowest BCUT2D eigenvalue weighted by atomic mass is 10.0. The van der Waals surface area contributed by atoms with Crippen molar-refractivity contribution in [1.82, 2.24) is 4.98 Å². The molecule has 0 fully saturated rings. The Morgan fingerprint density at radius 3 is 2.58 bits per heavy atom. The lowest BCUT2D eigenvalue weighted by Crippen LogP contribution is -3.07. The number of quaternary nitrogens is 1. The molecule has 0 radical (unpaired) electrons. The molecular weight excluding hydrogens is 324 g/mol. The molecular formula is C22H27N2O2+. The van der Waals surface area contributed by atoms with E-state index in [-0.39, 0.29) is 5.43 Å². The second-order valence-corrected chi connectivity index (χ2v) is 6.82. The van der Waals surface area contributed by atoms with Crippen molar-refractivity contribution < 1.29 is 9.64 Å². The Kier molecular flexibility index (Phi) is 5.74. The number of methoxy groups -OCH3 is 1. The van der Waals surface area contributed by atoms with Crippen LogP contribution >= 0.6 is 0 Å². The molecule has 2 N–H and O–H groups in total. The Morgan fingerprint density at radius 2 is 1.88 bits per heavy atom. The van der Waals surface area contributed by atoms with E-state index in [4.69, 9.17) is 4.74 Å². The van der Waals surface area contributed by atoms with E-state index in [0.717, 1.165) is 41.7 Å². The Morgan fingerprint density at radius 1 is 1.12 bits per heavy atom. The SMILES string of the molecule is CCCC[NH+](C)Cc1c(-c2ccccc2)[nH]c2ccc(OC)cc2c1=O. The number of hydrogen-bond donors (Lipinski definition) is 2. The molecule has 1 unspecified atom stereocenters. The first-order valence-electron chi connectivity index (χ1n) is 9.23. The van der Waals surface area contributed by atoms with E-state index in [1.807, 2.05) is 48.5 Å². The van der Waals surface area contributed by atoms with Crippen LogP contribution in [0.5, 0.6) is 5.75 Å². The minimum absolute atomic E-state index is 0.0901. The number of hydrogen-bond acceptors (Lipinski definition) is 2. The van der Waals surface area contributed by atoms with Gasteiger partial charge in [0, 0.05) is 5.39 Å². The molecule has 4 nitrogen and oxygen atoms in total. The molecule has 136 valence electrons. The van der Waals surface area contributed by atoms with Gasteiger partial charge in [0.25, 0.3) is 0 Å². The quantitative estimate of drug-likeness (QED) is 0.687. The van der Waals surface area contributed by atoms with Gasteiger partial charge in [0.2, 0.25) is 0 Å². The van der Waals surface area contributed by atoms with Crippen molar-refractivity contribution in [2.24, 2.45) is 0 Å². The molecule has 4 heteroatoms. The van der Waals surface area contributed by atoms with Crippen LogP contribution < -0.4 is 15.1 Å². The number of H-pyrrole nitrogens is 1. The molecule has 1 atom stereocenters. The standard InChI is InChI=1S/C22H26N2O2/c1-4-5-13-24(2)15-19-21(16-9-7-6-8-10-16)23-20-12-11-17(26-3)14-18(20)22(19)25/h6-12,14H,4-5,13,15H2,1-3H3,(H,23,25)/p+1. The summed E-state index contributed by atoms with van der Waals surface area (Å²) in [5.41, 5.74) is 3.73. The van der Waals surface area contributed by atoms with Gasteiger partial charge in [-0.15, -0.1) is 0 Å². The van der Waals surface area contributed by atoms with Crippen LogP contribution in [-0.4, -0.2) is 25.7 Å². The Bertz CT molecular complexity index is 932. The van der Waals surface area contributed by atoms with Crippen LogP contribution in [0.1, 0.15) is 25.3 Å². The third kappa shape index (κ3) is 3.81. The van der Waals surface area contributed by atoms with E-state index < -0.39 is 0 Å². The second-order valence-electron chi connectivity index (χ2n) is 6.82. The summed E-state index contributed by atoms with van der Waals surface area (Å²) in [5.74, 6) is 0.702. The Labute approximate surface area is 154 Å². The Balaban J connectivity index is 2.16. The van der Waals surface area contributed by atoms with Crippen LogP contribution in [0.4, 0.5) is 0 Å². The zero-order valence-corrected chi connectivity index (χ0v) is 15.8. The molecule has 2 aromatic carbocycles. The number of fused-ring (bicyclic) bond motifs is 1. The van der Waals surface area contributed by atoms with Crippen molar-refractivity contribution in [2.45, 2.75) is 26.3 Å². The van der Waals surface area contributed by atoms with Crippen LogP contribution in [-0.2, 0) is 6.54 Å². The maximum atomic E-state index is 13.3. The van der Waals surface area contributed by atoms with Gasteiger partial charge < -0.3 is 14.6 Å². The molecule has 0 aliphatic carbocycles. The van der Waals surface area contributed by atoms with Crippen molar-refractivity contribution >= 4 is 10.9 Å². The third-order valence-electron chi connectivity index (χ3n) is 4.81. The lowest BCUT2D eigenvalue weighted by Gasteiger charge is -2.17. The summed E-state index contributed by atoms with van der Waals surface area (Å²) in [6, 6.07) is 15.7. The van der Waals surface area contributed by atoms with Gasteiger partial charge >= 0.3 is 0 Å². The molecule has 0 saturated carbocycles. The molecule has 0 saturated heterocycles. The van der Waals surface area contributed by atoms with Crippen molar-refractivity contribution in [3.8, 4) is 17.0 Å². The summed E-state index contributed by atoms with van der Waals surface area (Å²) in [6.07, 6.45) is 2.32. The molecule has 3 rings (SSSR count). The van der Waals surface area contributed by atoms with Gasteiger partial charge in [-0.1, -0.05) is 43.7 Å². The average Bonchev–Trinajstić information content (AvgIpc) is 2.68. The van der Waals surface area contributed by atoms with E-state index >= 15 is 0 Å². The summed E-state index contributed by atoms with van der Waals surface area (Å²) >= 11 is 0. The number of aromatic amines is 1. The summed E-state index contributed by atoms with van der Waals surface area (Å²) in [4.78, 5) is 18.2. The van der Waals surface area contributed by atoms with Crippen LogP contribution in [0.2, 0.25) is 0 Å². The van der Waals surface area contributed by atoms with E-state index in [1.54, 1.807) is 7.11 Å². The first-order valence-corrected chi connectivity index (χ1v) is 9.23. The highest BCUT2D eigenvalue weighted by Crippen LogP contribution is 2.24. The molecule has 26 heavy (non-hydrogen) atoms. The predicted octanol–water partition coefficient (Wildman–Crippen LogP) is 3.02. The van der Waals surface area contributed by atoms with Crippen LogP contribution in [0, 0.1) is 0 Å². The minimum Gasteiger partial charge on any atom is -0.497 e. The topological polar surface area (TPSA) is 46.5 Å². The van der Waals surface area contributed by atoms with Crippen molar-refractivity contribution in [3.05, 3.63) is 64.3 Å². The summed E-state index contributed by atoms with van der Waals surface area (Å²) in [6.45, 7) is 3.95. The molecule has 0 amide bonds. The molecule has 0 aliphatic rings. The van der Waals surface area contributed by atoms with Gasteiger partial charge in [-0.3, -0.25) is 4.79 Å². The number of nitrogens with one attached hydrogen (secondary N) is 2. The molecule has 0 spiro atoms. The monoisotopic (exact) mass is 351 g/mol. The number of ether oxygens (including phenoxy) is 1. The zero-order chi connectivity index (χ0) is 18.5. The molecule has 0 bridgehead atoms. The van der Waals surface area contributed by atoms with Crippen molar-refractivity contribution in [3.63, 3.8) is 0 Å². The first-order chi connectivity index (χ1) is 12.6. The van der Waals surface area contributed by atoms with E-state index in [9.17, 15) is 4.79 Å². The summed E-state index contributed by atoms with van der Waals surface area (Å²) < 4.78 is 5.31. The van der Waals surface area contributed by atoms with Crippen LogP contribution in [0.3, 0.4) is 0 Å². The van der Waals surface area contributed by atoms with Gasteiger partial charge in [0.15, 0.2) is 5.43 Å². The van der Waals surface area contributed by atoms with Gasteiger partial charge in [0.1, 0.15) is 12.3 Å². The largest absolute Gasteiger partial charge is 0.497 e. The minimum atomic E-state index is 0.0901. The fourth-order valence-corrected chi connectivity index (χ4v) is 3.32. The normalized spacial score (nSPS) is 12.3. The lowest BCUT2D eigenvalue weighted by molar-refractivity contribution is -0.894. The van der Waals surface area contributed by atoms with E-state index in [0.29, 0.717) is 17.7 Å². The fraction of sp³-hybridized carbons (Fsp3) is 0.318.